The summed E-state index contributed by atoms with van der Waals surface area (Å²) < 4.78 is 1.02. The maximum absolute atomic E-state index is 6.01. The predicted molar refractivity (Wildman–Crippen MR) is 70.4 cm³/mol. The first kappa shape index (κ1) is 12.8. The second-order valence-electron chi connectivity index (χ2n) is 3.41. The topological polar surface area (TPSA) is 12.0 Å². The van der Waals surface area contributed by atoms with Gasteiger partial charge in [-0.15, -0.1) is 6.58 Å². The Morgan fingerprint density at radius 2 is 2.27 bits per heavy atom. The third-order valence-electron chi connectivity index (χ3n) is 2.30. The van der Waals surface area contributed by atoms with E-state index in [2.05, 4.69) is 33.9 Å². The summed E-state index contributed by atoms with van der Waals surface area (Å²) in [5.41, 5.74) is 1.21. The Morgan fingerprint density at radius 1 is 1.53 bits per heavy atom. The van der Waals surface area contributed by atoms with Crippen molar-refractivity contribution in [1.29, 1.82) is 0 Å². The Bertz CT molecular complexity index is 318. The van der Waals surface area contributed by atoms with Crippen LogP contribution < -0.4 is 5.32 Å². The number of hydrogen-bond acceptors (Lipinski definition) is 1. The van der Waals surface area contributed by atoms with Gasteiger partial charge in [-0.2, -0.15) is 0 Å². The van der Waals surface area contributed by atoms with Crippen LogP contribution in [0, 0.1) is 0 Å². The Kier molecular flexibility index (Phi) is 5.37. The fraction of sp³-hybridized carbons (Fsp3) is 0.333. The van der Waals surface area contributed by atoms with E-state index in [1.807, 2.05) is 25.3 Å². The third kappa shape index (κ3) is 3.98. The Hall–Kier alpha value is -0.310. The third-order valence-corrected chi connectivity index (χ3v) is 2.97. The average molecular weight is 289 g/mol. The maximum atomic E-state index is 6.01. The molecule has 3 heteroatoms. The van der Waals surface area contributed by atoms with Gasteiger partial charge in [0, 0.05) is 15.5 Å². The molecule has 0 saturated heterocycles. The summed E-state index contributed by atoms with van der Waals surface area (Å²) in [5.74, 6) is 0. The highest BCUT2D eigenvalue weighted by molar-refractivity contribution is 9.10. The van der Waals surface area contributed by atoms with Crippen molar-refractivity contribution in [3.8, 4) is 0 Å². The van der Waals surface area contributed by atoms with Crippen molar-refractivity contribution >= 4 is 27.5 Å². The van der Waals surface area contributed by atoms with Crippen LogP contribution in [-0.4, -0.2) is 7.05 Å². The van der Waals surface area contributed by atoms with Gasteiger partial charge in [0.2, 0.25) is 0 Å². The van der Waals surface area contributed by atoms with Crippen LogP contribution in [0.3, 0.4) is 0 Å². The van der Waals surface area contributed by atoms with E-state index < -0.39 is 0 Å². The minimum atomic E-state index is 0.331. The zero-order chi connectivity index (χ0) is 11.3. The molecule has 0 fully saturated rings. The van der Waals surface area contributed by atoms with E-state index in [4.69, 9.17) is 11.6 Å². The van der Waals surface area contributed by atoms with Gasteiger partial charge in [0.1, 0.15) is 0 Å². The molecule has 0 saturated carbocycles. The van der Waals surface area contributed by atoms with Gasteiger partial charge < -0.3 is 5.32 Å². The normalized spacial score (nSPS) is 12.5. The molecule has 0 amide bonds. The molecule has 1 atom stereocenters. The van der Waals surface area contributed by atoms with Crippen molar-refractivity contribution < 1.29 is 0 Å². The van der Waals surface area contributed by atoms with Gasteiger partial charge in [0.05, 0.1) is 0 Å². The van der Waals surface area contributed by atoms with Crippen molar-refractivity contribution in [1.82, 2.24) is 5.32 Å². The van der Waals surface area contributed by atoms with E-state index in [-0.39, 0.29) is 0 Å². The van der Waals surface area contributed by atoms with E-state index in [9.17, 15) is 0 Å². The molecule has 1 aromatic rings. The van der Waals surface area contributed by atoms with E-state index in [0.717, 1.165) is 22.3 Å². The molecule has 82 valence electrons. The molecule has 0 bridgehead atoms. The number of nitrogens with one attached hydrogen (secondary N) is 1. The first-order chi connectivity index (χ1) is 7.17. The van der Waals surface area contributed by atoms with Gasteiger partial charge >= 0.3 is 0 Å². The number of hydrogen-bond donors (Lipinski definition) is 1. The lowest BCUT2D eigenvalue weighted by Crippen LogP contribution is -2.16. The standard InChI is InChI=1S/C12H15BrClN/c1-3-4-5-12(15-2)9-6-10(13)8-11(14)7-9/h3,6-8,12,15H,1,4-5H2,2H3. The number of allylic oxidation sites excluding steroid dienone is 1. The molecule has 1 aromatic carbocycles. The summed E-state index contributed by atoms with van der Waals surface area (Å²) in [5, 5.41) is 4.04. The summed E-state index contributed by atoms with van der Waals surface area (Å²) in [4.78, 5) is 0. The van der Waals surface area contributed by atoms with Gasteiger partial charge in [-0.05, 0) is 43.7 Å². The first-order valence-corrected chi connectivity index (χ1v) is 6.08. The van der Waals surface area contributed by atoms with Gasteiger partial charge in [-0.1, -0.05) is 33.6 Å². The van der Waals surface area contributed by atoms with Gasteiger partial charge in [-0.3, -0.25) is 0 Å². The molecule has 0 radical (unpaired) electrons. The number of benzene rings is 1. The van der Waals surface area contributed by atoms with Crippen LogP contribution in [0.2, 0.25) is 5.02 Å². The summed E-state index contributed by atoms with van der Waals surface area (Å²) in [6, 6.07) is 6.32. The predicted octanol–water partition coefficient (Wildman–Crippen LogP) is 4.33. The smallest absolute Gasteiger partial charge is 0.0420 e. The molecule has 1 rings (SSSR count). The van der Waals surface area contributed by atoms with E-state index >= 15 is 0 Å². The summed E-state index contributed by atoms with van der Waals surface area (Å²) >= 11 is 9.45. The van der Waals surface area contributed by atoms with Crippen LogP contribution in [0.1, 0.15) is 24.4 Å². The molecular weight excluding hydrogens is 273 g/mol. The van der Waals surface area contributed by atoms with Crippen LogP contribution in [0.4, 0.5) is 0 Å². The Labute approximate surface area is 105 Å². The zero-order valence-corrected chi connectivity index (χ0v) is 11.1. The van der Waals surface area contributed by atoms with Crippen LogP contribution in [-0.2, 0) is 0 Å². The zero-order valence-electron chi connectivity index (χ0n) is 8.76. The molecule has 0 aliphatic carbocycles. The van der Waals surface area contributed by atoms with Crippen molar-refractivity contribution in [3.05, 3.63) is 45.9 Å². The van der Waals surface area contributed by atoms with Crippen LogP contribution in [0.25, 0.3) is 0 Å². The average Bonchev–Trinajstić information content (AvgIpc) is 2.17. The minimum Gasteiger partial charge on any atom is -0.313 e. The highest BCUT2D eigenvalue weighted by Gasteiger charge is 2.09. The van der Waals surface area contributed by atoms with Crippen LogP contribution >= 0.6 is 27.5 Å². The van der Waals surface area contributed by atoms with Gasteiger partial charge in [-0.25, -0.2) is 0 Å². The molecule has 0 aliphatic rings. The van der Waals surface area contributed by atoms with Crippen molar-refractivity contribution in [3.63, 3.8) is 0 Å². The second-order valence-corrected chi connectivity index (χ2v) is 4.76. The van der Waals surface area contributed by atoms with Crippen molar-refractivity contribution in [2.75, 3.05) is 7.05 Å². The highest BCUT2D eigenvalue weighted by atomic mass is 79.9. The molecule has 0 heterocycles. The lowest BCUT2D eigenvalue weighted by atomic mass is 10.0. The lowest BCUT2D eigenvalue weighted by Gasteiger charge is -2.16. The monoisotopic (exact) mass is 287 g/mol. The Morgan fingerprint density at radius 3 is 2.80 bits per heavy atom. The Balaban J connectivity index is 2.85. The minimum absolute atomic E-state index is 0.331. The summed E-state index contributed by atoms with van der Waals surface area (Å²) in [6.45, 7) is 3.73. The fourth-order valence-electron chi connectivity index (χ4n) is 1.54. The van der Waals surface area contributed by atoms with Crippen LogP contribution in [0.15, 0.2) is 35.3 Å². The molecule has 0 aliphatic heterocycles. The second kappa shape index (κ2) is 6.31. The molecule has 0 spiro atoms. The van der Waals surface area contributed by atoms with Crippen molar-refractivity contribution in [2.45, 2.75) is 18.9 Å². The molecule has 1 unspecified atom stereocenters. The summed E-state index contributed by atoms with van der Waals surface area (Å²) in [6.07, 6.45) is 3.96. The molecule has 0 aromatic heterocycles. The van der Waals surface area contributed by atoms with Crippen LogP contribution in [0.5, 0.6) is 0 Å². The van der Waals surface area contributed by atoms with Gasteiger partial charge in [0.15, 0.2) is 0 Å². The fourth-order valence-corrected chi connectivity index (χ4v) is 2.42. The highest BCUT2D eigenvalue weighted by Crippen LogP contribution is 2.26. The lowest BCUT2D eigenvalue weighted by molar-refractivity contribution is 0.554. The van der Waals surface area contributed by atoms with Crippen molar-refractivity contribution in [2.24, 2.45) is 0 Å². The largest absolute Gasteiger partial charge is 0.313 e. The SMILES string of the molecule is C=CCCC(NC)c1cc(Cl)cc(Br)c1. The first-order valence-electron chi connectivity index (χ1n) is 4.91. The molecule has 15 heavy (non-hydrogen) atoms. The molecule has 1 nitrogen and oxygen atoms in total. The maximum Gasteiger partial charge on any atom is 0.0420 e. The molecule has 1 N–H and O–H groups in total. The summed E-state index contributed by atoms with van der Waals surface area (Å²) in [7, 11) is 1.96. The number of halogens is 2. The quantitative estimate of drug-likeness (QED) is 0.795. The van der Waals surface area contributed by atoms with E-state index in [1.165, 1.54) is 5.56 Å². The van der Waals surface area contributed by atoms with E-state index in [1.54, 1.807) is 0 Å². The number of rotatable bonds is 5. The molecular formula is C12H15BrClN. The van der Waals surface area contributed by atoms with E-state index in [0.29, 0.717) is 6.04 Å². The van der Waals surface area contributed by atoms with Gasteiger partial charge in [0.25, 0.3) is 0 Å².